The highest BCUT2D eigenvalue weighted by molar-refractivity contribution is 6.06. The fraction of sp³-hybridized carbons (Fsp3) is 0.333. The summed E-state index contributed by atoms with van der Waals surface area (Å²) in [5.74, 6) is -3.79. The summed E-state index contributed by atoms with van der Waals surface area (Å²) < 4.78 is 12.8. The van der Waals surface area contributed by atoms with Crippen molar-refractivity contribution in [3.05, 3.63) is 103 Å². The monoisotopic (exact) mass is 621 g/mol. The van der Waals surface area contributed by atoms with Crippen LogP contribution < -0.4 is 10.2 Å². The summed E-state index contributed by atoms with van der Waals surface area (Å²) in [6.45, 7) is -0.172. The minimum atomic E-state index is -1.48. The van der Waals surface area contributed by atoms with E-state index in [1.54, 1.807) is 23.1 Å². The fourth-order valence-electron chi connectivity index (χ4n) is 7.33. The number of ether oxygens (including phenoxy) is 2. The van der Waals surface area contributed by atoms with E-state index < -0.39 is 47.6 Å². The molecule has 236 valence electrons. The van der Waals surface area contributed by atoms with E-state index in [1.165, 1.54) is 4.90 Å². The Morgan fingerprint density at radius 2 is 1.70 bits per heavy atom. The number of anilines is 1. The molecule has 6 atom stereocenters. The summed E-state index contributed by atoms with van der Waals surface area (Å²) in [7, 11) is 0. The van der Waals surface area contributed by atoms with Gasteiger partial charge in [0.15, 0.2) is 0 Å². The Morgan fingerprint density at radius 3 is 2.50 bits per heavy atom. The number of cyclic esters (lactones) is 1. The lowest BCUT2D eigenvalue weighted by molar-refractivity contribution is -0.159. The first-order valence-corrected chi connectivity index (χ1v) is 15.7. The third kappa shape index (κ3) is 5.07. The van der Waals surface area contributed by atoms with Gasteiger partial charge >= 0.3 is 5.97 Å². The molecule has 0 unspecified atom stereocenters. The summed E-state index contributed by atoms with van der Waals surface area (Å²) in [5.41, 5.74) is -0.122. The van der Waals surface area contributed by atoms with Gasteiger partial charge in [-0.25, -0.2) is 0 Å². The van der Waals surface area contributed by atoms with Gasteiger partial charge in [0.1, 0.15) is 23.7 Å². The van der Waals surface area contributed by atoms with Crippen molar-refractivity contribution >= 4 is 40.2 Å². The van der Waals surface area contributed by atoms with Crippen LogP contribution in [0.25, 0.3) is 10.8 Å². The molecule has 0 aliphatic carbocycles. The highest BCUT2D eigenvalue weighted by Crippen LogP contribution is 2.53. The van der Waals surface area contributed by atoms with E-state index in [1.807, 2.05) is 78.9 Å². The Morgan fingerprint density at radius 1 is 0.913 bits per heavy atom. The molecule has 0 radical (unpaired) electrons. The number of aliphatic hydroxyl groups excluding tert-OH is 1. The number of carbonyl (C=O) groups is 4. The zero-order valence-corrected chi connectivity index (χ0v) is 25.2. The Labute approximate surface area is 266 Å². The van der Waals surface area contributed by atoms with Crippen molar-refractivity contribution in [2.75, 3.05) is 31.1 Å². The van der Waals surface area contributed by atoms with Gasteiger partial charge in [-0.15, -0.1) is 0 Å². The first-order valence-electron chi connectivity index (χ1n) is 15.7. The maximum atomic E-state index is 14.6. The molecular weight excluding hydrogens is 586 g/mol. The number of aliphatic hydroxyl groups is 1. The minimum absolute atomic E-state index is 0.0681. The number of β-amino-alcohol motifs (C(OH)–C–C–N with tert-alkyl or cyclic N) is 1. The van der Waals surface area contributed by atoms with Crippen molar-refractivity contribution in [3.63, 3.8) is 0 Å². The third-order valence-corrected chi connectivity index (χ3v) is 9.43. The summed E-state index contributed by atoms with van der Waals surface area (Å²) in [4.78, 5) is 58.6. The lowest BCUT2D eigenvalue weighted by atomic mass is 9.78. The second-order valence-corrected chi connectivity index (χ2v) is 12.1. The van der Waals surface area contributed by atoms with E-state index >= 15 is 0 Å². The number of fused-ring (bicyclic) bond motifs is 3. The molecule has 2 saturated heterocycles. The van der Waals surface area contributed by atoms with Crippen molar-refractivity contribution in [2.45, 2.75) is 36.7 Å². The number of amides is 3. The zero-order valence-electron chi connectivity index (χ0n) is 25.2. The molecule has 4 aliphatic heterocycles. The molecule has 2 fully saturated rings. The van der Waals surface area contributed by atoms with Crippen LogP contribution in [0.4, 0.5) is 5.69 Å². The van der Waals surface area contributed by atoms with Gasteiger partial charge in [0.05, 0.1) is 25.2 Å². The zero-order chi connectivity index (χ0) is 31.8. The Hall–Kier alpha value is -4.80. The summed E-state index contributed by atoms with van der Waals surface area (Å²) in [5, 5.41) is 14.9. The molecule has 3 aromatic rings. The molecule has 2 N–H and O–H groups in total. The largest absolute Gasteiger partial charge is 0.455 e. The number of hydrogen-bond donors (Lipinski definition) is 2. The molecule has 0 bridgehead atoms. The molecule has 0 aromatic heterocycles. The second-order valence-electron chi connectivity index (χ2n) is 12.1. The van der Waals surface area contributed by atoms with Gasteiger partial charge in [0.2, 0.25) is 11.8 Å². The van der Waals surface area contributed by atoms with E-state index in [2.05, 4.69) is 5.32 Å². The molecule has 4 heterocycles. The van der Waals surface area contributed by atoms with Crippen molar-refractivity contribution in [3.8, 4) is 0 Å². The van der Waals surface area contributed by atoms with Gasteiger partial charge in [-0.05, 0) is 34.9 Å². The Bertz CT molecular complexity index is 1740. The van der Waals surface area contributed by atoms with Crippen LogP contribution in [0.3, 0.4) is 0 Å². The predicted octanol–water partition coefficient (Wildman–Crippen LogP) is 3.07. The molecule has 0 saturated carbocycles. The van der Waals surface area contributed by atoms with Gasteiger partial charge < -0.3 is 29.7 Å². The first kappa shape index (κ1) is 29.9. The molecule has 10 nitrogen and oxygen atoms in total. The number of rotatable bonds is 4. The minimum Gasteiger partial charge on any atom is -0.455 e. The topological polar surface area (TPSA) is 125 Å². The molecule has 1 spiro atoms. The third-order valence-electron chi connectivity index (χ3n) is 9.43. The lowest BCUT2D eigenvalue weighted by Crippen LogP contribution is -2.55. The molecule has 3 aromatic carbocycles. The van der Waals surface area contributed by atoms with Crippen LogP contribution in [0.2, 0.25) is 0 Å². The maximum Gasteiger partial charge on any atom is 0.313 e. The fourth-order valence-corrected chi connectivity index (χ4v) is 7.33. The normalized spacial score (nSPS) is 30.4. The number of esters is 1. The highest BCUT2D eigenvalue weighted by atomic mass is 16.6. The predicted molar refractivity (Wildman–Crippen MR) is 169 cm³/mol. The highest BCUT2D eigenvalue weighted by Gasteiger charge is 2.71. The van der Waals surface area contributed by atoms with E-state index in [-0.39, 0.29) is 44.5 Å². The van der Waals surface area contributed by atoms with Crippen molar-refractivity contribution < 1.29 is 33.8 Å². The van der Waals surface area contributed by atoms with Gasteiger partial charge in [0, 0.05) is 25.2 Å². The van der Waals surface area contributed by atoms with Crippen LogP contribution in [0.1, 0.15) is 24.5 Å². The van der Waals surface area contributed by atoms with Crippen molar-refractivity contribution in [1.29, 1.82) is 0 Å². The lowest BCUT2D eigenvalue weighted by Gasteiger charge is -2.35. The molecule has 46 heavy (non-hydrogen) atoms. The Kier molecular flexibility index (Phi) is 7.92. The number of nitrogens with one attached hydrogen (secondary N) is 1. The Balaban J connectivity index is 1.29. The maximum absolute atomic E-state index is 14.6. The number of benzene rings is 3. The van der Waals surface area contributed by atoms with E-state index in [0.29, 0.717) is 17.7 Å². The smallest absolute Gasteiger partial charge is 0.313 e. The molecule has 4 aliphatic rings. The van der Waals surface area contributed by atoms with Crippen LogP contribution in [-0.2, 0) is 28.7 Å². The summed E-state index contributed by atoms with van der Waals surface area (Å²) in [6, 6.07) is 21.6. The van der Waals surface area contributed by atoms with Crippen molar-refractivity contribution in [1.82, 2.24) is 10.2 Å². The number of nitrogens with zero attached hydrogens (tertiary/aromatic N) is 2. The average Bonchev–Trinajstić information content (AvgIpc) is 3.45. The van der Waals surface area contributed by atoms with Crippen LogP contribution in [-0.4, -0.2) is 77.7 Å². The van der Waals surface area contributed by atoms with E-state index in [0.717, 1.165) is 10.8 Å². The van der Waals surface area contributed by atoms with Crippen LogP contribution >= 0.6 is 0 Å². The van der Waals surface area contributed by atoms with Crippen molar-refractivity contribution in [2.24, 2.45) is 11.8 Å². The number of hydrogen-bond acceptors (Lipinski definition) is 7. The second kappa shape index (κ2) is 12.2. The molecule has 3 amide bonds. The summed E-state index contributed by atoms with van der Waals surface area (Å²) in [6.07, 6.45) is 5.99. The first-order chi connectivity index (χ1) is 22.4. The standard InChI is InChI=1S/C36H35N3O7/c40-20-19-39-32-34(43)38(26-16-15-23-9-4-5-12-25(23)21-26)18-8-17-36(32)31(33(39)42)30-27(46-36)13-6-7-14-29(41)37-22-28(45-35(30)44)24-10-2-1-3-11-24/h1-6,8-13,15-17,21,27-28,30-32,40H,7,14,18-20,22H2,(H,37,41)/b13-6-/t27-,28+,30+,31+,32-,36+/m0/s1. The number of likely N-dealkylation sites (tertiary alicyclic amines) is 1. The van der Waals surface area contributed by atoms with Gasteiger partial charge in [-0.3, -0.25) is 19.2 Å². The number of carbonyl (C=O) groups excluding carboxylic acids is 4. The van der Waals surface area contributed by atoms with E-state index in [9.17, 15) is 24.3 Å². The SMILES string of the molecule is O=C1CC/C=C\[C@@H]2O[C@@]34C=CCN(c5ccc6ccccc6c5)C(=O)[C@@H]3N(CCO)C(=O)[C@H]4[C@@H]2C(=O)O[C@@H](c2ccccc2)CN1. The van der Waals surface area contributed by atoms with Crippen LogP contribution in [0, 0.1) is 11.8 Å². The molecule has 10 heteroatoms. The van der Waals surface area contributed by atoms with Crippen LogP contribution in [0.5, 0.6) is 0 Å². The average molecular weight is 622 g/mol. The quantitative estimate of drug-likeness (QED) is 0.339. The van der Waals surface area contributed by atoms with Crippen LogP contribution in [0.15, 0.2) is 97.1 Å². The van der Waals surface area contributed by atoms with Gasteiger partial charge in [0.25, 0.3) is 5.91 Å². The van der Waals surface area contributed by atoms with Gasteiger partial charge in [-0.1, -0.05) is 85.0 Å². The van der Waals surface area contributed by atoms with E-state index in [4.69, 9.17) is 9.47 Å². The number of allylic oxidation sites excluding steroid dienone is 1. The summed E-state index contributed by atoms with van der Waals surface area (Å²) >= 11 is 0. The molecular formula is C36H35N3O7. The van der Waals surface area contributed by atoms with Gasteiger partial charge in [-0.2, -0.15) is 0 Å². The molecule has 7 rings (SSSR count).